The van der Waals surface area contributed by atoms with E-state index in [0.717, 1.165) is 29.9 Å². The van der Waals surface area contributed by atoms with Gasteiger partial charge in [0.1, 0.15) is 5.82 Å². The van der Waals surface area contributed by atoms with Crippen molar-refractivity contribution in [2.45, 2.75) is 48.8 Å². The number of nitrogens with zero attached hydrogens (tertiary/aromatic N) is 2. The van der Waals surface area contributed by atoms with Crippen LogP contribution in [-0.4, -0.2) is 49.1 Å². The molecule has 1 amide bonds. The summed E-state index contributed by atoms with van der Waals surface area (Å²) in [5.41, 5.74) is 1.91. The highest BCUT2D eigenvalue weighted by Gasteiger charge is 2.42. The van der Waals surface area contributed by atoms with Gasteiger partial charge in [-0.3, -0.25) is 4.79 Å². The maximum atomic E-state index is 13.2. The van der Waals surface area contributed by atoms with E-state index in [-0.39, 0.29) is 32.0 Å². The fourth-order valence-electron chi connectivity index (χ4n) is 3.96. The minimum absolute atomic E-state index is 0.0731. The number of aromatic nitrogens is 1. The van der Waals surface area contributed by atoms with E-state index in [1.54, 1.807) is 28.8 Å². The van der Waals surface area contributed by atoms with Crippen LogP contribution in [-0.2, 0) is 4.74 Å². The van der Waals surface area contributed by atoms with Gasteiger partial charge in [-0.15, -0.1) is 11.8 Å². The lowest BCUT2D eigenvalue weighted by atomic mass is 9.82. The summed E-state index contributed by atoms with van der Waals surface area (Å²) in [6.45, 7) is 0.291. The Morgan fingerprint density at radius 3 is 2.69 bits per heavy atom. The van der Waals surface area contributed by atoms with E-state index in [0.29, 0.717) is 23.0 Å². The number of hydrogen-bond acceptors (Lipinski definition) is 5. The van der Waals surface area contributed by atoms with E-state index >= 15 is 0 Å². The number of halogens is 3. The Kier molecular flexibility index (Phi) is 6.95. The van der Waals surface area contributed by atoms with Crippen LogP contribution in [0.4, 0.5) is 24.7 Å². The highest BCUT2D eigenvalue weighted by atomic mass is 32.2. The summed E-state index contributed by atoms with van der Waals surface area (Å²) >= 11 is 1.57. The van der Waals surface area contributed by atoms with Gasteiger partial charge in [0.15, 0.2) is 6.10 Å². The lowest BCUT2D eigenvalue weighted by Crippen LogP contribution is -2.33. The second kappa shape index (κ2) is 9.70. The molecule has 1 aliphatic carbocycles. The Hall–Kier alpha value is -2.26. The molecule has 0 radical (unpaired) electrons. The number of rotatable bonds is 5. The zero-order chi connectivity index (χ0) is 22.7. The molecular weight excluding hydrogens is 439 g/mol. The molecule has 2 aromatic rings. The van der Waals surface area contributed by atoms with Gasteiger partial charge in [-0.1, -0.05) is 12.5 Å². The molecule has 1 saturated heterocycles. The number of anilines is 2. The Labute approximate surface area is 189 Å². The molecule has 32 heavy (non-hydrogen) atoms. The Bertz CT molecular complexity index is 966. The topological polar surface area (TPSA) is 54.5 Å². The molecule has 2 aliphatic rings. The minimum atomic E-state index is -4.40. The number of pyridine rings is 1. The van der Waals surface area contributed by atoms with Crippen LogP contribution >= 0.6 is 11.8 Å². The molecule has 1 unspecified atom stereocenters. The van der Waals surface area contributed by atoms with Crippen LogP contribution in [0, 0.1) is 0 Å². The van der Waals surface area contributed by atoms with Crippen molar-refractivity contribution >= 4 is 29.2 Å². The Morgan fingerprint density at radius 1 is 1.19 bits per heavy atom. The van der Waals surface area contributed by atoms with Crippen LogP contribution in [0.15, 0.2) is 41.3 Å². The van der Waals surface area contributed by atoms with Crippen molar-refractivity contribution in [2.24, 2.45) is 0 Å². The lowest BCUT2D eigenvalue weighted by Gasteiger charge is -2.28. The number of amides is 1. The first-order valence-corrected chi connectivity index (χ1v) is 12.0. The molecule has 1 atom stereocenters. The van der Waals surface area contributed by atoms with Crippen LogP contribution in [0.25, 0.3) is 0 Å². The molecule has 4 rings (SSSR count). The standard InChI is InChI=1S/C23H26F3N3O2S/c1-32-17-7-3-6-16(14-17)27-22(30)18-8-9-19(15-4-2-5-15)28-21(18)29-11-10-20(23(24,25)26)31-13-12-29/h3,6-9,14-15,20H,2,4-5,10-13H2,1H3,(H,27,30). The van der Waals surface area contributed by atoms with Gasteiger partial charge < -0.3 is 15.0 Å². The second-order valence-electron chi connectivity index (χ2n) is 8.10. The fraction of sp³-hybridized carbons (Fsp3) is 0.478. The SMILES string of the molecule is CSc1cccc(NC(=O)c2ccc(C3CCC3)nc2N2CCOC(C(F)(F)F)CC2)c1. The van der Waals surface area contributed by atoms with Gasteiger partial charge >= 0.3 is 6.18 Å². The average molecular weight is 466 g/mol. The summed E-state index contributed by atoms with van der Waals surface area (Å²) in [6.07, 6.45) is -1.22. The summed E-state index contributed by atoms with van der Waals surface area (Å²) in [4.78, 5) is 20.7. The second-order valence-corrected chi connectivity index (χ2v) is 8.98. The van der Waals surface area contributed by atoms with Gasteiger partial charge in [0.25, 0.3) is 5.91 Å². The average Bonchev–Trinajstić information content (AvgIpc) is 2.99. The van der Waals surface area contributed by atoms with Crippen LogP contribution in [0.1, 0.15) is 47.7 Å². The molecule has 1 aromatic heterocycles. The van der Waals surface area contributed by atoms with Gasteiger partial charge in [-0.05, 0) is 49.4 Å². The third-order valence-electron chi connectivity index (χ3n) is 6.00. The molecule has 1 aliphatic heterocycles. The number of thioether (sulfide) groups is 1. The number of carbonyl (C=O) groups is 1. The summed E-state index contributed by atoms with van der Waals surface area (Å²) in [5, 5.41) is 2.91. The lowest BCUT2D eigenvalue weighted by molar-refractivity contribution is -0.218. The van der Waals surface area contributed by atoms with Gasteiger partial charge in [-0.25, -0.2) is 4.98 Å². The first-order valence-electron chi connectivity index (χ1n) is 10.7. The molecule has 0 bridgehead atoms. The normalized spacial score (nSPS) is 19.9. The number of alkyl halides is 3. The summed E-state index contributed by atoms with van der Waals surface area (Å²) in [7, 11) is 0. The first kappa shape index (κ1) is 22.9. The molecule has 0 spiro atoms. The highest BCUT2D eigenvalue weighted by molar-refractivity contribution is 7.98. The molecule has 1 N–H and O–H groups in total. The summed E-state index contributed by atoms with van der Waals surface area (Å²) < 4.78 is 44.5. The van der Waals surface area contributed by atoms with Crippen molar-refractivity contribution in [2.75, 3.05) is 36.2 Å². The van der Waals surface area contributed by atoms with E-state index in [1.807, 2.05) is 30.5 Å². The predicted octanol–water partition coefficient (Wildman–Crippen LogP) is 5.48. The third-order valence-corrected chi connectivity index (χ3v) is 6.72. The number of ether oxygens (including phenoxy) is 1. The van der Waals surface area contributed by atoms with Crippen LogP contribution in [0.3, 0.4) is 0 Å². The Balaban J connectivity index is 1.61. The van der Waals surface area contributed by atoms with E-state index in [1.165, 1.54) is 0 Å². The van der Waals surface area contributed by atoms with Crippen LogP contribution in [0.2, 0.25) is 0 Å². The van der Waals surface area contributed by atoms with Crippen molar-refractivity contribution < 1.29 is 22.7 Å². The molecule has 1 saturated carbocycles. The molecule has 5 nitrogen and oxygen atoms in total. The van der Waals surface area contributed by atoms with Gasteiger partial charge in [0, 0.05) is 41.7 Å². The smallest absolute Gasteiger partial charge is 0.367 e. The van der Waals surface area contributed by atoms with Crippen molar-refractivity contribution in [3.8, 4) is 0 Å². The molecule has 2 heterocycles. The van der Waals surface area contributed by atoms with Crippen molar-refractivity contribution in [1.82, 2.24) is 4.98 Å². The van der Waals surface area contributed by atoms with E-state index in [4.69, 9.17) is 9.72 Å². The van der Waals surface area contributed by atoms with Crippen molar-refractivity contribution in [1.29, 1.82) is 0 Å². The summed E-state index contributed by atoms with van der Waals surface area (Å²) in [6, 6.07) is 11.1. The van der Waals surface area contributed by atoms with Gasteiger partial charge in [0.2, 0.25) is 0 Å². The van der Waals surface area contributed by atoms with Crippen LogP contribution < -0.4 is 10.2 Å². The molecule has 1 aromatic carbocycles. The number of nitrogens with one attached hydrogen (secondary N) is 1. The molecule has 172 valence electrons. The van der Waals surface area contributed by atoms with Gasteiger partial charge in [-0.2, -0.15) is 13.2 Å². The number of carbonyl (C=O) groups excluding carboxylic acids is 1. The summed E-state index contributed by atoms with van der Waals surface area (Å²) in [5.74, 6) is 0.443. The molecule has 9 heteroatoms. The largest absolute Gasteiger partial charge is 0.414 e. The molecular formula is C23H26F3N3O2S. The first-order chi connectivity index (χ1) is 15.3. The predicted molar refractivity (Wildman–Crippen MR) is 120 cm³/mol. The zero-order valence-corrected chi connectivity index (χ0v) is 18.6. The molecule has 2 fully saturated rings. The third kappa shape index (κ3) is 5.20. The van der Waals surface area contributed by atoms with Gasteiger partial charge in [0.05, 0.1) is 12.2 Å². The quantitative estimate of drug-likeness (QED) is 0.593. The van der Waals surface area contributed by atoms with E-state index < -0.39 is 12.3 Å². The van der Waals surface area contributed by atoms with Crippen LogP contribution in [0.5, 0.6) is 0 Å². The Morgan fingerprint density at radius 2 is 2.00 bits per heavy atom. The number of hydrogen-bond donors (Lipinski definition) is 1. The highest BCUT2D eigenvalue weighted by Crippen LogP contribution is 2.37. The maximum Gasteiger partial charge on any atom is 0.414 e. The zero-order valence-electron chi connectivity index (χ0n) is 17.8. The monoisotopic (exact) mass is 465 g/mol. The minimum Gasteiger partial charge on any atom is -0.367 e. The van der Waals surface area contributed by atoms with Crippen molar-refractivity contribution in [3.05, 3.63) is 47.7 Å². The number of benzene rings is 1. The maximum absolute atomic E-state index is 13.2. The fourth-order valence-corrected chi connectivity index (χ4v) is 4.41. The van der Waals surface area contributed by atoms with Crippen molar-refractivity contribution in [3.63, 3.8) is 0 Å². The van der Waals surface area contributed by atoms with E-state index in [2.05, 4.69) is 5.32 Å². The van der Waals surface area contributed by atoms with E-state index in [9.17, 15) is 18.0 Å².